The number of aryl methyl sites for hydroxylation is 2. The number of rotatable bonds is 10. The first-order valence-corrected chi connectivity index (χ1v) is 8.60. The molecule has 0 radical (unpaired) electrons. The molecule has 1 atom stereocenters. The first-order valence-electron chi connectivity index (χ1n) is 8.60. The monoisotopic (exact) mass is 435 g/mol. The van der Waals surface area contributed by atoms with Crippen molar-refractivity contribution in [3.05, 3.63) is 18.0 Å². The molecular weight excluding hydrogens is 401 g/mol. The number of nitrogens with zero attached hydrogens (tertiary/aromatic N) is 3. The molecule has 2 N–H and O–H groups in total. The van der Waals surface area contributed by atoms with E-state index in [-0.39, 0.29) is 24.0 Å². The molecule has 0 amide bonds. The molecule has 1 aromatic heterocycles. The Balaban J connectivity index is 0.00000484. The highest BCUT2D eigenvalue weighted by molar-refractivity contribution is 14.0. The molecule has 0 bridgehead atoms. The third-order valence-corrected chi connectivity index (χ3v) is 3.79. The average molecular weight is 435 g/mol. The van der Waals surface area contributed by atoms with Gasteiger partial charge in [-0.25, -0.2) is 0 Å². The van der Waals surface area contributed by atoms with Crippen molar-refractivity contribution in [3.8, 4) is 0 Å². The molecule has 6 heteroatoms. The van der Waals surface area contributed by atoms with E-state index in [1.807, 2.05) is 25.0 Å². The molecule has 0 saturated heterocycles. The number of nitrogens with one attached hydrogen (secondary N) is 2. The standard InChI is InChI=1S/C17H33N5.HI/c1-5-6-7-8-10-15(2)21-17(18-3)19-12-9-11-16-13-20-22(4)14-16;/h13-15H,5-12H2,1-4H3,(H2,18,19,21);1H. The van der Waals surface area contributed by atoms with Crippen LogP contribution in [0, 0.1) is 0 Å². The van der Waals surface area contributed by atoms with Gasteiger partial charge >= 0.3 is 0 Å². The second-order valence-electron chi connectivity index (χ2n) is 6.02. The zero-order chi connectivity index (χ0) is 16.2. The maximum absolute atomic E-state index is 4.30. The van der Waals surface area contributed by atoms with Crippen LogP contribution >= 0.6 is 24.0 Å². The molecule has 1 aromatic rings. The van der Waals surface area contributed by atoms with E-state index in [2.05, 4.69) is 40.8 Å². The fraction of sp³-hybridized carbons (Fsp3) is 0.765. The van der Waals surface area contributed by atoms with Crippen molar-refractivity contribution in [2.75, 3.05) is 13.6 Å². The fourth-order valence-corrected chi connectivity index (χ4v) is 2.48. The van der Waals surface area contributed by atoms with Crippen molar-refractivity contribution in [2.24, 2.45) is 12.0 Å². The molecular formula is C17H34IN5. The van der Waals surface area contributed by atoms with E-state index in [0.29, 0.717) is 6.04 Å². The van der Waals surface area contributed by atoms with Gasteiger partial charge in [0.15, 0.2) is 5.96 Å². The van der Waals surface area contributed by atoms with Gasteiger partial charge in [-0.2, -0.15) is 5.10 Å². The van der Waals surface area contributed by atoms with Gasteiger partial charge in [0, 0.05) is 32.9 Å². The Morgan fingerprint density at radius 2 is 2.09 bits per heavy atom. The summed E-state index contributed by atoms with van der Waals surface area (Å²) < 4.78 is 1.85. The normalized spacial score (nSPS) is 12.6. The van der Waals surface area contributed by atoms with Crippen molar-refractivity contribution in [3.63, 3.8) is 0 Å². The fourth-order valence-electron chi connectivity index (χ4n) is 2.48. The lowest BCUT2D eigenvalue weighted by Gasteiger charge is -2.17. The van der Waals surface area contributed by atoms with Crippen LogP contribution in [0.25, 0.3) is 0 Å². The Kier molecular flexibility index (Phi) is 13.2. The molecule has 5 nitrogen and oxygen atoms in total. The highest BCUT2D eigenvalue weighted by atomic mass is 127. The summed E-state index contributed by atoms with van der Waals surface area (Å²) in [5, 5.41) is 11.0. The van der Waals surface area contributed by atoms with Gasteiger partial charge in [-0.3, -0.25) is 9.67 Å². The Morgan fingerprint density at radius 3 is 2.70 bits per heavy atom. The summed E-state index contributed by atoms with van der Waals surface area (Å²) in [4.78, 5) is 4.30. The molecule has 0 aliphatic heterocycles. The lowest BCUT2D eigenvalue weighted by Crippen LogP contribution is -2.42. The maximum Gasteiger partial charge on any atom is 0.191 e. The van der Waals surface area contributed by atoms with Crippen LogP contribution in [-0.4, -0.2) is 35.4 Å². The highest BCUT2D eigenvalue weighted by Gasteiger charge is 2.04. The average Bonchev–Trinajstić information content (AvgIpc) is 2.92. The second-order valence-corrected chi connectivity index (χ2v) is 6.02. The third-order valence-electron chi connectivity index (χ3n) is 3.79. The van der Waals surface area contributed by atoms with Crippen LogP contribution in [0.1, 0.15) is 57.9 Å². The van der Waals surface area contributed by atoms with E-state index in [9.17, 15) is 0 Å². The Labute approximate surface area is 158 Å². The molecule has 23 heavy (non-hydrogen) atoms. The van der Waals surface area contributed by atoms with Crippen LogP contribution in [-0.2, 0) is 13.5 Å². The van der Waals surface area contributed by atoms with Crippen molar-refractivity contribution in [1.82, 2.24) is 20.4 Å². The molecule has 0 spiro atoms. The van der Waals surface area contributed by atoms with Gasteiger partial charge in [-0.1, -0.05) is 32.6 Å². The van der Waals surface area contributed by atoms with Gasteiger partial charge in [0.2, 0.25) is 0 Å². The van der Waals surface area contributed by atoms with Gasteiger partial charge in [-0.05, 0) is 31.7 Å². The summed E-state index contributed by atoms with van der Waals surface area (Å²) in [6.07, 6.45) is 12.6. The smallest absolute Gasteiger partial charge is 0.191 e. The summed E-state index contributed by atoms with van der Waals surface area (Å²) in [5.41, 5.74) is 1.29. The van der Waals surface area contributed by atoms with E-state index < -0.39 is 0 Å². The Morgan fingerprint density at radius 1 is 1.30 bits per heavy atom. The van der Waals surface area contributed by atoms with Gasteiger partial charge < -0.3 is 10.6 Å². The number of unbranched alkanes of at least 4 members (excludes halogenated alkanes) is 3. The molecule has 134 valence electrons. The summed E-state index contributed by atoms with van der Waals surface area (Å²) in [6.45, 7) is 5.41. The van der Waals surface area contributed by atoms with Gasteiger partial charge in [-0.15, -0.1) is 24.0 Å². The molecule has 0 aliphatic rings. The Hall–Kier alpha value is -0.790. The third kappa shape index (κ3) is 10.6. The van der Waals surface area contributed by atoms with Crippen molar-refractivity contribution >= 4 is 29.9 Å². The van der Waals surface area contributed by atoms with Gasteiger partial charge in [0.1, 0.15) is 0 Å². The predicted molar refractivity (Wildman–Crippen MR) is 110 cm³/mol. The summed E-state index contributed by atoms with van der Waals surface area (Å²) >= 11 is 0. The molecule has 0 aromatic carbocycles. The van der Waals surface area contributed by atoms with Crippen molar-refractivity contribution < 1.29 is 0 Å². The SMILES string of the molecule is CCCCCCC(C)NC(=NC)NCCCc1cnn(C)c1.I. The first kappa shape index (κ1) is 22.2. The van der Waals surface area contributed by atoms with Crippen LogP contribution in [0.5, 0.6) is 0 Å². The first-order chi connectivity index (χ1) is 10.7. The zero-order valence-corrected chi connectivity index (χ0v) is 17.5. The van der Waals surface area contributed by atoms with E-state index >= 15 is 0 Å². The van der Waals surface area contributed by atoms with Crippen LogP contribution < -0.4 is 10.6 Å². The molecule has 0 fully saturated rings. The number of halogens is 1. The van der Waals surface area contributed by atoms with Gasteiger partial charge in [0.25, 0.3) is 0 Å². The molecule has 0 aliphatic carbocycles. The molecule has 1 unspecified atom stereocenters. The van der Waals surface area contributed by atoms with E-state index in [1.54, 1.807) is 0 Å². The second kappa shape index (κ2) is 13.6. The topological polar surface area (TPSA) is 54.2 Å². The molecule has 0 saturated carbocycles. The lowest BCUT2D eigenvalue weighted by molar-refractivity contribution is 0.536. The molecule has 1 rings (SSSR count). The minimum absolute atomic E-state index is 0. The van der Waals surface area contributed by atoms with Crippen molar-refractivity contribution in [1.29, 1.82) is 0 Å². The number of hydrogen-bond donors (Lipinski definition) is 2. The lowest BCUT2D eigenvalue weighted by atomic mass is 10.1. The summed E-state index contributed by atoms with van der Waals surface area (Å²) in [7, 11) is 3.79. The van der Waals surface area contributed by atoms with E-state index in [1.165, 1.54) is 37.7 Å². The van der Waals surface area contributed by atoms with Gasteiger partial charge in [0.05, 0.1) is 6.20 Å². The summed E-state index contributed by atoms with van der Waals surface area (Å²) in [5.74, 6) is 0.911. The minimum atomic E-state index is 0. The van der Waals surface area contributed by atoms with Crippen LogP contribution in [0.15, 0.2) is 17.4 Å². The Bertz CT molecular complexity index is 430. The largest absolute Gasteiger partial charge is 0.356 e. The number of guanidine groups is 1. The van der Waals surface area contributed by atoms with Crippen LogP contribution in [0.2, 0.25) is 0 Å². The minimum Gasteiger partial charge on any atom is -0.356 e. The summed E-state index contributed by atoms with van der Waals surface area (Å²) in [6, 6.07) is 0.473. The van der Waals surface area contributed by atoms with E-state index in [4.69, 9.17) is 0 Å². The van der Waals surface area contributed by atoms with E-state index in [0.717, 1.165) is 25.3 Å². The van der Waals surface area contributed by atoms with Crippen molar-refractivity contribution in [2.45, 2.75) is 64.8 Å². The number of aliphatic imine (C=N–C) groups is 1. The number of aromatic nitrogens is 2. The maximum atomic E-state index is 4.30. The van der Waals surface area contributed by atoms with Crippen LogP contribution in [0.3, 0.4) is 0 Å². The predicted octanol–water partition coefficient (Wildman–Crippen LogP) is 3.49. The molecule has 1 heterocycles. The quantitative estimate of drug-likeness (QED) is 0.256. The zero-order valence-electron chi connectivity index (χ0n) is 15.1. The highest BCUT2D eigenvalue weighted by Crippen LogP contribution is 2.05. The van der Waals surface area contributed by atoms with Crippen LogP contribution in [0.4, 0.5) is 0 Å². The number of hydrogen-bond acceptors (Lipinski definition) is 2.